The number of aromatic hydroxyl groups is 2. The molecule has 0 saturated carbocycles. The van der Waals surface area contributed by atoms with Crippen molar-refractivity contribution in [2.45, 2.75) is 19.3 Å². The van der Waals surface area contributed by atoms with E-state index < -0.39 is 18.6 Å². The van der Waals surface area contributed by atoms with Crippen LogP contribution in [0.4, 0.5) is 10.5 Å². The first-order valence-electron chi connectivity index (χ1n) is 11.9. The first kappa shape index (κ1) is 27.9. The molecule has 3 aromatic carbocycles. The number of benzene rings is 3. The van der Waals surface area contributed by atoms with Gasteiger partial charge in [-0.1, -0.05) is 23.2 Å². The van der Waals surface area contributed by atoms with E-state index in [1.165, 1.54) is 54.6 Å². The van der Waals surface area contributed by atoms with Crippen LogP contribution in [0.25, 0.3) is 0 Å². The summed E-state index contributed by atoms with van der Waals surface area (Å²) in [5, 5.41) is 28.9. The molecule has 0 aliphatic carbocycles. The van der Waals surface area contributed by atoms with Crippen LogP contribution in [-0.4, -0.2) is 57.8 Å². The van der Waals surface area contributed by atoms with E-state index in [1.54, 1.807) is 4.90 Å². The Bertz CT molecular complexity index is 1370. The smallest absolute Gasteiger partial charge is 0.420 e. The summed E-state index contributed by atoms with van der Waals surface area (Å²) in [6.07, 6.45) is 1.80. The van der Waals surface area contributed by atoms with Gasteiger partial charge >= 0.3 is 12.1 Å². The molecule has 0 spiro atoms. The average Bonchev–Trinajstić information content (AvgIpc) is 2.91. The molecule has 0 aromatic heterocycles. The molecule has 12 heteroatoms. The third-order valence-electron chi connectivity index (χ3n) is 5.91. The number of phenols is 2. The Morgan fingerprint density at radius 1 is 0.872 bits per heavy atom. The molecule has 1 aliphatic heterocycles. The van der Waals surface area contributed by atoms with Crippen molar-refractivity contribution in [3.8, 4) is 28.7 Å². The quantitative estimate of drug-likeness (QED) is 0.316. The minimum Gasteiger partial charge on any atom is -0.508 e. The maximum atomic E-state index is 12.9. The molecule has 0 bridgehead atoms. The number of anilines is 1. The summed E-state index contributed by atoms with van der Waals surface area (Å²) < 4.78 is 11.1. The first-order valence-corrected chi connectivity index (χ1v) is 12.7. The monoisotopic (exact) mass is 574 g/mol. The Hall–Kier alpha value is -4.15. The summed E-state index contributed by atoms with van der Waals surface area (Å²) in [7, 11) is 0. The second-order valence-electron chi connectivity index (χ2n) is 8.71. The zero-order chi connectivity index (χ0) is 28.1. The van der Waals surface area contributed by atoms with Crippen molar-refractivity contribution in [2.75, 3.05) is 24.5 Å². The predicted molar refractivity (Wildman–Crippen MR) is 144 cm³/mol. The van der Waals surface area contributed by atoms with E-state index in [4.69, 9.17) is 32.7 Å². The Kier molecular flexibility index (Phi) is 8.68. The lowest BCUT2D eigenvalue weighted by Gasteiger charge is -2.27. The molecular weight excluding hydrogens is 551 g/mol. The molecule has 39 heavy (non-hydrogen) atoms. The average molecular weight is 575 g/mol. The maximum Gasteiger partial charge on any atom is 0.420 e. The van der Waals surface area contributed by atoms with Gasteiger partial charge in [0.25, 0.3) is 5.91 Å². The number of carbonyl (C=O) groups excluding carboxylic acids is 2. The highest BCUT2D eigenvalue weighted by molar-refractivity contribution is 6.37. The van der Waals surface area contributed by atoms with Gasteiger partial charge in [-0.2, -0.15) is 0 Å². The summed E-state index contributed by atoms with van der Waals surface area (Å²) in [6, 6.07) is 12.0. The summed E-state index contributed by atoms with van der Waals surface area (Å²) in [5.74, 6) is -1.62. The molecule has 204 valence electrons. The summed E-state index contributed by atoms with van der Waals surface area (Å²) >= 11 is 12.8. The molecule has 0 unspecified atom stereocenters. The van der Waals surface area contributed by atoms with Crippen LogP contribution in [0, 0.1) is 0 Å². The molecule has 10 nitrogen and oxygen atoms in total. The van der Waals surface area contributed by atoms with Gasteiger partial charge in [-0.3, -0.25) is 14.5 Å². The van der Waals surface area contributed by atoms with E-state index in [2.05, 4.69) is 0 Å². The Labute approximate surface area is 233 Å². The molecule has 2 amide bonds. The minimum absolute atomic E-state index is 0.00804. The van der Waals surface area contributed by atoms with Crippen LogP contribution in [0.5, 0.6) is 28.7 Å². The van der Waals surface area contributed by atoms with Crippen LogP contribution in [0.15, 0.2) is 54.6 Å². The normalized spacial score (nSPS) is 13.0. The number of ether oxygens (including phenoxy) is 2. The lowest BCUT2D eigenvalue weighted by atomic mass is 10.1. The van der Waals surface area contributed by atoms with Crippen molar-refractivity contribution in [3.63, 3.8) is 0 Å². The predicted octanol–water partition coefficient (Wildman–Crippen LogP) is 5.91. The van der Waals surface area contributed by atoms with Gasteiger partial charge in [0.1, 0.15) is 29.5 Å². The number of carbonyl (C=O) groups is 3. The highest BCUT2D eigenvalue weighted by Gasteiger charge is 2.25. The third kappa shape index (κ3) is 6.84. The van der Waals surface area contributed by atoms with Gasteiger partial charge < -0.3 is 29.7 Å². The second kappa shape index (κ2) is 12.1. The number of hydrogen-bond acceptors (Lipinski definition) is 7. The van der Waals surface area contributed by atoms with Crippen molar-refractivity contribution in [2.24, 2.45) is 0 Å². The number of piperidine rings is 1. The molecule has 1 aliphatic rings. The van der Waals surface area contributed by atoms with E-state index in [0.29, 0.717) is 13.1 Å². The number of amides is 2. The van der Waals surface area contributed by atoms with E-state index in [-0.39, 0.29) is 56.0 Å². The number of nitrogens with zero attached hydrogens (tertiary/aromatic N) is 2. The molecule has 4 rings (SSSR count). The Morgan fingerprint density at radius 2 is 1.49 bits per heavy atom. The van der Waals surface area contributed by atoms with Crippen LogP contribution in [0.1, 0.15) is 29.6 Å². The van der Waals surface area contributed by atoms with Crippen molar-refractivity contribution in [3.05, 3.63) is 70.2 Å². The van der Waals surface area contributed by atoms with Crippen LogP contribution < -0.4 is 14.4 Å². The van der Waals surface area contributed by atoms with Crippen molar-refractivity contribution >= 4 is 46.9 Å². The molecule has 1 heterocycles. The van der Waals surface area contributed by atoms with Gasteiger partial charge in [-0.05, 0) is 73.9 Å². The minimum atomic E-state index is -1.32. The van der Waals surface area contributed by atoms with Crippen LogP contribution in [0.3, 0.4) is 0 Å². The highest BCUT2D eigenvalue weighted by Crippen LogP contribution is 2.41. The van der Waals surface area contributed by atoms with E-state index in [0.717, 1.165) is 24.2 Å². The van der Waals surface area contributed by atoms with Crippen LogP contribution >= 0.6 is 23.2 Å². The lowest BCUT2D eigenvalue weighted by molar-refractivity contribution is -0.135. The molecule has 3 aromatic rings. The fourth-order valence-electron chi connectivity index (χ4n) is 4.00. The Balaban J connectivity index is 1.58. The number of hydrogen-bond donors (Lipinski definition) is 3. The zero-order valence-electron chi connectivity index (χ0n) is 20.5. The lowest BCUT2D eigenvalue weighted by Crippen LogP contribution is -2.37. The molecule has 1 saturated heterocycles. The summed E-state index contributed by atoms with van der Waals surface area (Å²) in [5.41, 5.74) is 0.0954. The van der Waals surface area contributed by atoms with Gasteiger partial charge in [-0.25, -0.2) is 4.79 Å². The summed E-state index contributed by atoms with van der Waals surface area (Å²) in [4.78, 5) is 39.7. The number of halogens is 2. The number of aliphatic carboxylic acids is 1. The Morgan fingerprint density at radius 3 is 2.10 bits per heavy atom. The van der Waals surface area contributed by atoms with Crippen molar-refractivity contribution in [1.29, 1.82) is 0 Å². The maximum absolute atomic E-state index is 12.9. The summed E-state index contributed by atoms with van der Waals surface area (Å²) in [6.45, 7) is 0.443. The fraction of sp³-hybridized carbons (Fsp3) is 0.222. The zero-order valence-corrected chi connectivity index (χ0v) is 22.0. The van der Waals surface area contributed by atoms with Gasteiger partial charge in [0.15, 0.2) is 5.75 Å². The van der Waals surface area contributed by atoms with Crippen molar-refractivity contribution < 1.29 is 39.2 Å². The topological polar surface area (TPSA) is 137 Å². The largest absolute Gasteiger partial charge is 0.508 e. The highest BCUT2D eigenvalue weighted by atomic mass is 35.5. The number of phenolic OH excluding ortho intramolecular Hbond substituents is 2. The first-order chi connectivity index (χ1) is 18.6. The number of carboxylic acids is 1. The van der Waals surface area contributed by atoms with E-state index >= 15 is 0 Å². The van der Waals surface area contributed by atoms with Gasteiger partial charge in [0.2, 0.25) is 0 Å². The second-order valence-corrected chi connectivity index (χ2v) is 9.53. The number of rotatable bonds is 7. The molecule has 0 radical (unpaired) electrons. The third-order valence-corrected chi connectivity index (χ3v) is 6.47. The molecule has 0 atom stereocenters. The number of likely N-dealkylation sites (tertiary alicyclic amines) is 1. The van der Waals surface area contributed by atoms with E-state index in [1.807, 2.05) is 0 Å². The SMILES string of the molecule is O=C(O)CN(C(=O)Oc1ccc(O)cc1)c1cc(Cl)c(Oc2ccc(O)c(C(=O)N3CCCCC3)c2)c(Cl)c1. The molecular formula is C27H24Cl2N2O8. The number of carboxylic acid groups (broad SMARTS) is 1. The standard InChI is InChI=1S/C27H24Cl2N2O8/c28-21-12-16(31(15-24(34)35)27(37)39-18-6-4-17(32)5-7-18)13-22(29)25(21)38-19-8-9-23(33)20(14-19)26(36)30-10-2-1-3-11-30/h4-9,12-14,32-33H,1-3,10-11,15H2,(H,34,35). The van der Waals surface area contributed by atoms with Crippen LogP contribution in [0.2, 0.25) is 10.0 Å². The van der Waals surface area contributed by atoms with Crippen molar-refractivity contribution in [1.82, 2.24) is 4.90 Å². The van der Waals surface area contributed by atoms with Crippen LogP contribution in [-0.2, 0) is 4.79 Å². The molecule has 3 N–H and O–H groups in total. The van der Waals surface area contributed by atoms with Gasteiger partial charge in [0.05, 0.1) is 21.3 Å². The fourth-order valence-corrected chi connectivity index (χ4v) is 4.55. The van der Waals surface area contributed by atoms with Gasteiger partial charge in [-0.15, -0.1) is 0 Å². The van der Waals surface area contributed by atoms with Gasteiger partial charge in [0, 0.05) is 13.1 Å². The molecule has 1 fully saturated rings. The van der Waals surface area contributed by atoms with E-state index in [9.17, 15) is 29.7 Å².